The summed E-state index contributed by atoms with van der Waals surface area (Å²) in [4.78, 5) is 11.2. The van der Waals surface area contributed by atoms with Crippen LogP contribution in [0.25, 0.3) is 0 Å². The molecule has 0 spiro atoms. The second-order valence-electron chi connectivity index (χ2n) is 5.18. The molecule has 1 aliphatic rings. The number of hydrogen-bond acceptors (Lipinski definition) is 4. The van der Waals surface area contributed by atoms with Gasteiger partial charge in [0.05, 0.1) is 13.2 Å². The molecule has 104 valence electrons. The number of rotatable bonds is 6. The second kappa shape index (κ2) is 7.54. The number of ether oxygens (including phenoxy) is 3. The summed E-state index contributed by atoms with van der Waals surface area (Å²) in [7, 11) is 0. The maximum absolute atomic E-state index is 11.2. The SMILES string of the molecule is CCOC(=O)/C=C/C(C)(C)COC1CCCCO1. The molecule has 0 aliphatic carbocycles. The Morgan fingerprint density at radius 2 is 2.22 bits per heavy atom. The van der Waals surface area contributed by atoms with E-state index in [-0.39, 0.29) is 17.7 Å². The van der Waals surface area contributed by atoms with Gasteiger partial charge in [-0.3, -0.25) is 0 Å². The summed E-state index contributed by atoms with van der Waals surface area (Å²) in [5.41, 5.74) is -0.201. The van der Waals surface area contributed by atoms with Gasteiger partial charge in [0.1, 0.15) is 0 Å². The molecule has 1 fully saturated rings. The molecule has 0 radical (unpaired) electrons. The van der Waals surface area contributed by atoms with E-state index in [4.69, 9.17) is 14.2 Å². The van der Waals surface area contributed by atoms with Crippen LogP contribution in [0.2, 0.25) is 0 Å². The molecule has 0 aromatic heterocycles. The first-order valence-corrected chi connectivity index (χ1v) is 6.63. The lowest BCUT2D eigenvalue weighted by Crippen LogP contribution is -2.27. The van der Waals surface area contributed by atoms with Crippen LogP contribution in [0.15, 0.2) is 12.2 Å². The molecule has 0 N–H and O–H groups in total. The monoisotopic (exact) mass is 256 g/mol. The molecular formula is C14H24O4. The molecule has 18 heavy (non-hydrogen) atoms. The maximum Gasteiger partial charge on any atom is 0.330 e. The van der Waals surface area contributed by atoms with Crippen molar-refractivity contribution in [2.24, 2.45) is 5.41 Å². The summed E-state index contributed by atoms with van der Waals surface area (Å²) in [5, 5.41) is 0. The van der Waals surface area contributed by atoms with Crippen molar-refractivity contribution in [1.82, 2.24) is 0 Å². The Balaban J connectivity index is 2.31. The van der Waals surface area contributed by atoms with Crippen molar-refractivity contribution in [3.8, 4) is 0 Å². The number of carbonyl (C=O) groups excluding carboxylic acids is 1. The molecule has 1 rings (SSSR count). The van der Waals surface area contributed by atoms with Gasteiger partial charge in [-0.2, -0.15) is 0 Å². The Morgan fingerprint density at radius 1 is 1.44 bits per heavy atom. The lowest BCUT2D eigenvalue weighted by molar-refractivity contribution is -0.172. The van der Waals surface area contributed by atoms with Crippen LogP contribution >= 0.6 is 0 Å². The lowest BCUT2D eigenvalue weighted by atomic mass is 9.94. The number of esters is 1. The smallest absolute Gasteiger partial charge is 0.330 e. The van der Waals surface area contributed by atoms with Crippen molar-refractivity contribution in [3.05, 3.63) is 12.2 Å². The third-order valence-corrected chi connectivity index (χ3v) is 2.74. The minimum atomic E-state index is -0.306. The Bertz CT molecular complexity index is 278. The van der Waals surface area contributed by atoms with Crippen LogP contribution in [0.1, 0.15) is 40.0 Å². The van der Waals surface area contributed by atoms with Gasteiger partial charge in [0.2, 0.25) is 0 Å². The summed E-state index contributed by atoms with van der Waals surface area (Å²) in [6.45, 7) is 7.55. The van der Waals surface area contributed by atoms with E-state index in [0.29, 0.717) is 13.2 Å². The van der Waals surface area contributed by atoms with Crippen molar-refractivity contribution in [2.75, 3.05) is 19.8 Å². The van der Waals surface area contributed by atoms with E-state index in [1.54, 1.807) is 6.92 Å². The molecule has 1 aliphatic heterocycles. The summed E-state index contributed by atoms with van der Waals surface area (Å²) in [6, 6.07) is 0. The van der Waals surface area contributed by atoms with Gasteiger partial charge in [0, 0.05) is 18.1 Å². The first-order chi connectivity index (χ1) is 8.53. The van der Waals surface area contributed by atoms with Crippen molar-refractivity contribution in [1.29, 1.82) is 0 Å². The third kappa shape index (κ3) is 6.17. The van der Waals surface area contributed by atoms with Gasteiger partial charge in [-0.15, -0.1) is 0 Å². The van der Waals surface area contributed by atoms with Crippen LogP contribution in [0.4, 0.5) is 0 Å². The Hall–Kier alpha value is -0.870. The van der Waals surface area contributed by atoms with Gasteiger partial charge in [0.25, 0.3) is 0 Å². The molecule has 0 amide bonds. The van der Waals surface area contributed by atoms with Crippen LogP contribution < -0.4 is 0 Å². The number of carbonyl (C=O) groups is 1. The summed E-state index contributed by atoms with van der Waals surface area (Å²) >= 11 is 0. The van der Waals surface area contributed by atoms with Gasteiger partial charge in [-0.1, -0.05) is 19.9 Å². The van der Waals surface area contributed by atoms with Gasteiger partial charge in [0.15, 0.2) is 6.29 Å². The first-order valence-electron chi connectivity index (χ1n) is 6.63. The fourth-order valence-electron chi connectivity index (χ4n) is 1.68. The standard InChI is InChI=1S/C14H24O4/c1-4-16-12(15)8-9-14(2,3)11-18-13-7-5-6-10-17-13/h8-9,13H,4-7,10-11H2,1-3H3/b9-8+. The fraction of sp³-hybridized carbons (Fsp3) is 0.786. The van der Waals surface area contributed by atoms with Crippen LogP contribution in [0.5, 0.6) is 0 Å². The minimum Gasteiger partial charge on any atom is -0.463 e. The van der Waals surface area contributed by atoms with E-state index in [0.717, 1.165) is 25.9 Å². The van der Waals surface area contributed by atoms with E-state index in [1.807, 2.05) is 19.9 Å². The highest BCUT2D eigenvalue weighted by molar-refractivity contribution is 5.81. The highest BCUT2D eigenvalue weighted by atomic mass is 16.7. The largest absolute Gasteiger partial charge is 0.463 e. The van der Waals surface area contributed by atoms with E-state index in [2.05, 4.69) is 0 Å². The van der Waals surface area contributed by atoms with Crippen molar-refractivity contribution < 1.29 is 19.0 Å². The second-order valence-corrected chi connectivity index (χ2v) is 5.18. The zero-order chi connectivity index (χ0) is 13.4. The van der Waals surface area contributed by atoms with E-state index < -0.39 is 0 Å². The molecule has 0 saturated carbocycles. The van der Waals surface area contributed by atoms with Crippen LogP contribution in [-0.4, -0.2) is 32.1 Å². The van der Waals surface area contributed by atoms with Crippen LogP contribution in [0, 0.1) is 5.41 Å². The molecule has 1 atom stereocenters. The topological polar surface area (TPSA) is 44.8 Å². The average molecular weight is 256 g/mol. The van der Waals surface area contributed by atoms with Crippen LogP contribution in [-0.2, 0) is 19.0 Å². The average Bonchev–Trinajstić information content (AvgIpc) is 2.36. The number of hydrogen-bond donors (Lipinski definition) is 0. The third-order valence-electron chi connectivity index (χ3n) is 2.74. The molecule has 1 saturated heterocycles. The molecule has 1 heterocycles. The summed E-state index contributed by atoms with van der Waals surface area (Å²) in [6.07, 6.45) is 6.43. The predicted molar refractivity (Wildman–Crippen MR) is 69.1 cm³/mol. The van der Waals surface area contributed by atoms with Gasteiger partial charge >= 0.3 is 5.97 Å². The Kier molecular flexibility index (Phi) is 6.36. The summed E-state index contributed by atoms with van der Waals surface area (Å²) in [5.74, 6) is -0.306. The predicted octanol–water partition coefficient (Wildman–Crippen LogP) is 2.68. The van der Waals surface area contributed by atoms with Gasteiger partial charge < -0.3 is 14.2 Å². The highest BCUT2D eigenvalue weighted by Crippen LogP contribution is 2.21. The molecule has 0 aromatic rings. The van der Waals surface area contributed by atoms with E-state index in [9.17, 15) is 4.79 Å². The highest BCUT2D eigenvalue weighted by Gasteiger charge is 2.20. The van der Waals surface area contributed by atoms with Gasteiger partial charge in [-0.05, 0) is 26.2 Å². The lowest BCUT2D eigenvalue weighted by Gasteiger charge is -2.27. The molecule has 1 unspecified atom stereocenters. The summed E-state index contributed by atoms with van der Waals surface area (Å²) < 4.78 is 16.1. The Labute approximate surface area is 109 Å². The molecule has 4 nitrogen and oxygen atoms in total. The van der Waals surface area contributed by atoms with Crippen molar-refractivity contribution in [3.63, 3.8) is 0 Å². The molecule has 4 heteroatoms. The van der Waals surface area contributed by atoms with Crippen molar-refractivity contribution >= 4 is 5.97 Å². The zero-order valence-electron chi connectivity index (χ0n) is 11.6. The molecule has 0 bridgehead atoms. The Morgan fingerprint density at radius 3 is 2.83 bits per heavy atom. The zero-order valence-corrected chi connectivity index (χ0v) is 11.6. The molecule has 0 aromatic carbocycles. The fourth-order valence-corrected chi connectivity index (χ4v) is 1.68. The minimum absolute atomic E-state index is 0.0889. The van der Waals surface area contributed by atoms with Crippen LogP contribution in [0.3, 0.4) is 0 Å². The van der Waals surface area contributed by atoms with E-state index in [1.165, 1.54) is 6.08 Å². The first kappa shape index (κ1) is 15.2. The normalized spacial score (nSPS) is 21.2. The quantitative estimate of drug-likeness (QED) is 0.541. The van der Waals surface area contributed by atoms with Crippen molar-refractivity contribution in [2.45, 2.75) is 46.3 Å². The van der Waals surface area contributed by atoms with E-state index >= 15 is 0 Å². The molecular weight excluding hydrogens is 232 g/mol. The van der Waals surface area contributed by atoms with Gasteiger partial charge in [-0.25, -0.2) is 4.79 Å². The maximum atomic E-state index is 11.2.